The summed E-state index contributed by atoms with van der Waals surface area (Å²) in [4.78, 5) is 25.7. The molecule has 0 unspecified atom stereocenters. The maximum absolute atomic E-state index is 13.4. The summed E-state index contributed by atoms with van der Waals surface area (Å²) in [5.41, 5.74) is 0. The highest BCUT2D eigenvalue weighted by molar-refractivity contribution is 5.80. The van der Waals surface area contributed by atoms with Crippen LogP contribution < -0.4 is 10.1 Å². The standard InChI is InChI=1S/C17H23FN2O3/c1-2-9-19-17(22)13-7-10-20(11-8-13)16(21)12-23-15-6-4-3-5-14(15)18/h3-6,13H,2,7-12H2,1H3,(H,19,22). The quantitative estimate of drug-likeness (QED) is 0.871. The lowest BCUT2D eigenvalue weighted by Crippen LogP contribution is -2.44. The Kier molecular flexibility index (Phi) is 6.38. The van der Waals surface area contributed by atoms with Crippen LogP contribution in [0, 0.1) is 11.7 Å². The zero-order valence-corrected chi connectivity index (χ0v) is 13.4. The second kappa shape index (κ2) is 8.50. The molecule has 1 N–H and O–H groups in total. The van der Waals surface area contributed by atoms with Crippen LogP contribution in [0.3, 0.4) is 0 Å². The van der Waals surface area contributed by atoms with Gasteiger partial charge in [-0.15, -0.1) is 0 Å². The molecule has 0 bridgehead atoms. The number of hydrogen-bond acceptors (Lipinski definition) is 3. The summed E-state index contributed by atoms with van der Waals surface area (Å²) < 4.78 is 18.7. The molecule has 0 atom stereocenters. The van der Waals surface area contributed by atoms with E-state index in [0.717, 1.165) is 6.42 Å². The number of benzene rings is 1. The van der Waals surface area contributed by atoms with Crippen LogP contribution in [0.15, 0.2) is 24.3 Å². The van der Waals surface area contributed by atoms with Gasteiger partial charge >= 0.3 is 0 Å². The van der Waals surface area contributed by atoms with Crippen LogP contribution in [-0.2, 0) is 9.59 Å². The Morgan fingerprint density at radius 3 is 2.65 bits per heavy atom. The number of carbonyl (C=O) groups is 2. The Balaban J connectivity index is 1.75. The number of ether oxygens (including phenoxy) is 1. The number of nitrogens with zero attached hydrogens (tertiary/aromatic N) is 1. The number of para-hydroxylation sites is 1. The molecule has 126 valence electrons. The zero-order valence-electron chi connectivity index (χ0n) is 13.4. The molecule has 5 nitrogen and oxygen atoms in total. The van der Waals surface area contributed by atoms with Crippen LogP contribution in [0.5, 0.6) is 5.75 Å². The van der Waals surface area contributed by atoms with E-state index in [9.17, 15) is 14.0 Å². The lowest BCUT2D eigenvalue weighted by atomic mass is 9.96. The first-order valence-corrected chi connectivity index (χ1v) is 8.04. The predicted molar refractivity (Wildman–Crippen MR) is 84.5 cm³/mol. The number of rotatable bonds is 6. The van der Waals surface area contributed by atoms with Crippen molar-refractivity contribution in [3.05, 3.63) is 30.1 Å². The van der Waals surface area contributed by atoms with Crippen LogP contribution in [0.25, 0.3) is 0 Å². The predicted octanol–water partition coefficient (Wildman–Crippen LogP) is 1.97. The van der Waals surface area contributed by atoms with Gasteiger partial charge in [0, 0.05) is 25.6 Å². The highest BCUT2D eigenvalue weighted by atomic mass is 19.1. The molecule has 1 aliphatic rings. The fourth-order valence-electron chi connectivity index (χ4n) is 2.58. The third-order valence-electron chi connectivity index (χ3n) is 3.96. The molecule has 1 saturated heterocycles. The van der Waals surface area contributed by atoms with Crippen molar-refractivity contribution in [1.82, 2.24) is 10.2 Å². The van der Waals surface area contributed by atoms with Crippen molar-refractivity contribution in [2.45, 2.75) is 26.2 Å². The van der Waals surface area contributed by atoms with Crippen LogP contribution >= 0.6 is 0 Å². The zero-order chi connectivity index (χ0) is 16.7. The third-order valence-corrected chi connectivity index (χ3v) is 3.96. The number of amides is 2. The highest BCUT2D eigenvalue weighted by Crippen LogP contribution is 2.19. The van der Waals surface area contributed by atoms with Gasteiger partial charge in [0.2, 0.25) is 5.91 Å². The molecular formula is C17H23FN2O3. The largest absolute Gasteiger partial charge is 0.481 e. The van der Waals surface area contributed by atoms with Crippen LogP contribution in [0.4, 0.5) is 4.39 Å². The van der Waals surface area contributed by atoms with E-state index < -0.39 is 5.82 Å². The van der Waals surface area contributed by atoms with E-state index in [0.29, 0.717) is 32.5 Å². The normalized spacial score (nSPS) is 15.3. The van der Waals surface area contributed by atoms with Crippen LogP contribution in [0.1, 0.15) is 26.2 Å². The summed E-state index contributed by atoms with van der Waals surface area (Å²) in [6.45, 7) is 3.58. The number of piperidine rings is 1. The minimum atomic E-state index is -0.480. The molecule has 0 spiro atoms. The summed E-state index contributed by atoms with van der Waals surface area (Å²) in [5, 5.41) is 2.89. The number of halogens is 1. The van der Waals surface area contributed by atoms with E-state index in [2.05, 4.69) is 5.32 Å². The Morgan fingerprint density at radius 2 is 2.00 bits per heavy atom. The molecule has 0 radical (unpaired) electrons. The van der Waals surface area contributed by atoms with Gasteiger partial charge < -0.3 is 15.0 Å². The topological polar surface area (TPSA) is 58.6 Å². The summed E-state index contributed by atoms with van der Waals surface area (Å²) in [5.74, 6) is -0.540. The molecule has 1 aromatic carbocycles. The average molecular weight is 322 g/mol. The molecule has 1 heterocycles. The second-order valence-corrected chi connectivity index (χ2v) is 5.67. The van der Waals surface area contributed by atoms with Gasteiger partial charge in [-0.2, -0.15) is 0 Å². The van der Waals surface area contributed by atoms with Gasteiger partial charge in [0.15, 0.2) is 18.2 Å². The molecule has 23 heavy (non-hydrogen) atoms. The SMILES string of the molecule is CCCNC(=O)C1CCN(C(=O)COc2ccccc2F)CC1. The smallest absolute Gasteiger partial charge is 0.260 e. The van der Waals surface area contributed by atoms with Gasteiger partial charge in [0.05, 0.1) is 0 Å². The first kappa shape index (κ1) is 17.2. The van der Waals surface area contributed by atoms with Crippen LogP contribution in [0.2, 0.25) is 0 Å². The van der Waals surface area contributed by atoms with Crippen molar-refractivity contribution in [2.75, 3.05) is 26.2 Å². The average Bonchev–Trinajstić information content (AvgIpc) is 2.59. The van der Waals surface area contributed by atoms with Gasteiger partial charge in [-0.3, -0.25) is 9.59 Å². The molecule has 0 aliphatic carbocycles. The molecule has 0 aromatic heterocycles. The van der Waals surface area contributed by atoms with E-state index in [4.69, 9.17) is 4.74 Å². The van der Waals surface area contributed by atoms with E-state index in [1.165, 1.54) is 12.1 Å². The van der Waals surface area contributed by atoms with Gasteiger partial charge in [-0.1, -0.05) is 19.1 Å². The van der Waals surface area contributed by atoms with Crippen molar-refractivity contribution in [3.63, 3.8) is 0 Å². The molecule has 0 saturated carbocycles. The summed E-state index contributed by atoms with van der Waals surface area (Å²) >= 11 is 0. The Hall–Kier alpha value is -2.11. The highest BCUT2D eigenvalue weighted by Gasteiger charge is 2.27. The lowest BCUT2D eigenvalue weighted by Gasteiger charge is -2.31. The number of hydrogen-bond donors (Lipinski definition) is 1. The van der Waals surface area contributed by atoms with Gasteiger partial charge in [0.25, 0.3) is 5.91 Å². The first-order valence-electron chi connectivity index (χ1n) is 8.04. The number of carbonyl (C=O) groups excluding carboxylic acids is 2. The molecule has 2 rings (SSSR count). The van der Waals surface area contributed by atoms with Crippen molar-refractivity contribution in [3.8, 4) is 5.75 Å². The second-order valence-electron chi connectivity index (χ2n) is 5.67. The lowest BCUT2D eigenvalue weighted by molar-refractivity contribution is -0.137. The van der Waals surface area contributed by atoms with Gasteiger partial charge in [-0.25, -0.2) is 4.39 Å². The molecule has 1 fully saturated rings. The van der Waals surface area contributed by atoms with Gasteiger partial charge in [0.1, 0.15) is 0 Å². The van der Waals surface area contributed by atoms with Crippen molar-refractivity contribution >= 4 is 11.8 Å². The van der Waals surface area contributed by atoms with Crippen LogP contribution in [-0.4, -0.2) is 43.0 Å². The number of nitrogens with one attached hydrogen (secondary N) is 1. The minimum absolute atomic E-state index is 0.0295. The minimum Gasteiger partial charge on any atom is -0.481 e. The summed E-state index contributed by atoms with van der Waals surface area (Å²) in [6.07, 6.45) is 2.22. The first-order chi connectivity index (χ1) is 11.1. The fourth-order valence-corrected chi connectivity index (χ4v) is 2.58. The molecule has 1 aromatic rings. The van der Waals surface area contributed by atoms with E-state index in [1.54, 1.807) is 17.0 Å². The summed E-state index contributed by atoms with van der Waals surface area (Å²) in [7, 11) is 0. The maximum atomic E-state index is 13.4. The Bertz CT molecular complexity index is 542. The van der Waals surface area contributed by atoms with E-state index >= 15 is 0 Å². The molecule has 6 heteroatoms. The Labute approximate surface area is 135 Å². The molecular weight excluding hydrogens is 299 g/mol. The van der Waals surface area contributed by atoms with Crippen molar-refractivity contribution in [2.24, 2.45) is 5.92 Å². The van der Waals surface area contributed by atoms with Crippen molar-refractivity contribution in [1.29, 1.82) is 0 Å². The maximum Gasteiger partial charge on any atom is 0.260 e. The fraction of sp³-hybridized carbons (Fsp3) is 0.529. The number of likely N-dealkylation sites (tertiary alicyclic amines) is 1. The monoisotopic (exact) mass is 322 g/mol. The van der Waals surface area contributed by atoms with Gasteiger partial charge in [-0.05, 0) is 31.4 Å². The van der Waals surface area contributed by atoms with E-state index in [-0.39, 0.29) is 30.1 Å². The van der Waals surface area contributed by atoms with Crippen molar-refractivity contribution < 1.29 is 18.7 Å². The Morgan fingerprint density at radius 1 is 1.30 bits per heavy atom. The molecule has 1 aliphatic heterocycles. The third kappa shape index (κ3) is 4.94. The van der Waals surface area contributed by atoms with E-state index in [1.807, 2.05) is 6.92 Å². The summed E-state index contributed by atoms with van der Waals surface area (Å²) in [6, 6.07) is 6.01. The molecule has 2 amide bonds.